The lowest BCUT2D eigenvalue weighted by Gasteiger charge is -2.12. The Labute approximate surface area is 251 Å². The second-order valence-corrected chi connectivity index (χ2v) is 10.4. The smallest absolute Gasteiger partial charge is 0.416 e. The van der Waals surface area contributed by atoms with E-state index in [1.807, 2.05) is 19.1 Å². The van der Waals surface area contributed by atoms with Crippen LogP contribution in [0, 0.1) is 10.5 Å². The molecule has 0 atom stereocenters. The van der Waals surface area contributed by atoms with Gasteiger partial charge < -0.3 is 10.1 Å². The molecule has 42 heavy (non-hydrogen) atoms. The number of nitrogens with zero attached hydrogens (tertiary/aromatic N) is 3. The Bertz CT molecular complexity index is 1870. The summed E-state index contributed by atoms with van der Waals surface area (Å²) in [7, 11) is 0. The van der Waals surface area contributed by atoms with Crippen LogP contribution in [0.5, 0.6) is 5.75 Å². The SMILES string of the molecule is Cc1ccc(NC(=O)COc2ccc(C=Nn3c(-c4cccc(C(F)(F)F)c4)nc4ccccc4c3=O)cc2I)cc1. The number of benzene rings is 4. The third-order valence-electron chi connectivity index (χ3n) is 6.17. The fourth-order valence-corrected chi connectivity index (χ4v) is 4.76. The summed E-state index contributed by atoms with van der Waals surface area (Å²) < 4.78 is 47.6. The van der Waals surface area contributed by atoms with Crippen molar-refractivity contribution in [2.75, 3.05) is 11.9 Å². The maximum atomic E-state index is 13.4. The Morgan fingerprint density at radius 1 is 1.02 bits per heavy atom. The van der Waals surface area contributed by atoms with E-state index in [1.54, 1.807) is 54.6 Å². The van der Waals surface area contributed by atoms with E-state index in [4.69, 9.17) is 4.74 Å². The summed E-state index contributed by atoms with van der Waals surface area (Å²) in [6, 6.07) is 23.6. The lowest BCUT2D eigenvalue weighted by Crippen LogP contribution is -2.20. The molecule has 0 unspecified atom stereocenters. The topological polar surface area (TPSA) is 85.6 Å². The number of alkyl halides is 3. The molecule has 4 aromatic carbocycles. The van der Waals surface area contributed by atoms with Gasteiger partial charge in [0, 0.05) is 11.3 Å². The largest absolute Gasteiger partial charge is 0.483 e. The summed E-state index contributed by atoms with van der Waals surface area (Å²) in [5, 5.41) is 7.36. The molecule has 0 aliphatic heterocycles. The first kappa shape index (κ1) is 29.0. The number of fused-ring (bicyclic) bond motifs is 1. The van der Waals surface area contributed by atoms with Crippen LogP contribution in [0.4, 0.5) is 18.9 Å². The number of rotatable bonds is 7. The van der Waals surface area contributed by atoms with Crippen LogP contribution in [0.25, 0.3) is 22.3 Å². The van der Waals surface area contributed by atoms with Crippen molar-refractivity contribution in [2.45, 2.75) is 13.1 Å². The van der Waals surface area contributed by atoms with Gasteiger partial charge in [0.15, 0.2) is 12.4 Å². The predicted octanol–water partition coefficient (Wildman–Crippen LogP) is 6.90. The highest BCUT2D eigenvalue weighted by atomic mass is 127. The van der Waals surface area contributed by atoms with Crippen molar-refractivity contribution in [3.05, 3.63) is 122 Å². The second kappa shape index (κ2) is 12.1. The van der Waals surface area contributed by atoms with Crippen molar-refractivity contribution >= 4 is 51.3 Å². The first-order valence-electron chi connectivity index (χ1n) is 12.6. The van der Waals surface area contributed by atoms with Crippen LogP contribution in [0.2, 0.25) is 0 Å². The van der Waals surface area contributed by atoms with E-state index in [0.29, 0.717) is 26.1 Å². The second-order valence-electron chi connectivity index (χ2n) is 9.29. The maximum absolute atomic E-state index is 13.4. The van der Waals surface area contributed by atoms with E-state index >= 15 is 0 Å². The number of ether oxygens (including phenoxy) is 1. The van der Waals surface area contributed by atoms with Gasteiger partial charge in [-0.05, 0) is 89.7 Å². The molecule has 5 aromatic rings. The highest BCUT2D eigenvalue weighted by molar-refractivity contribution is 14.1. The van der Waals surface area contributed by atoms with Gasteiger partial charge in [0.25, 0.3) is 11.5 Å². The number of hydrogen-bond donors (Lipinski definition) is 1. The third-order valence-corrected chi connectivity index (χ3v) is 7.02. The molecule has 0 aliphatic carbocycles. The summed E-state index contributed by atoms with van der Waals surface area (Å²) in [4.78, 5) is 30.1. The quantitative estimate of drug-likeness (QED) is 0.150. The number of halogens is 4. The van der Waals surface area contributed by atoms with Gasteiger partial charge in [0.2, 0.25) is 0 Å². The Morgan fingerprint density at radius 3 is 2.52 bits per heavy atom. The number of carbonyl (C=O) groups excluding carboxylic acids is 1. The third kappa shape index (κ3) is 6.68. The molecule has 0 bridgehead atoms. The van der Waals surface area contributed by atoms with E-state index < -0.39 is 17.3 Å². The summed E-state index contributed by atoms with van der Waals surface area (Å²) in [6.07, 6.45) is -3.16. The Balaban J connectivity index is 1.40. The van der Waals surface area contributed by atoms with E-state index in [2.05, 4.69) is 38.0 Å². The Kier molecular flexibility index (Phi) is 8.39. The summed E-state index contributed by atoms with van der Waals surface area (Å²) in [5.41, 5.74) is 1.37. The van der Waals surface area contributed by atoms with Gasteiger partial charge in [-0.2, -0.15) is 22.9 Å². The molecular weight excluding hydrogens is 660 g/mol. The van der Waals surface area contributed by atoms with E-state index in [1.165, 1.54) is 18.3 Å². The van der Waals surface area contributed by atoms with Gasteiger partial charge in [0.1, 0.15) is 5.75 Å². The maximum Gasteiger partial charge on any atom is 0.416 e. The summed E-state index contributed by atoms with van der Waals surface area (Å²) in [5.74, 6) is 0.127. The van der Waals surface area contributed by atoms with Gasteiger partial charge in [-0.25, -0.2) is 4.98 Å². The lowest BCUT2D eigenvalue weighted by atomic mass is 10.1. The van der Waals surface area contributed by atoms with E-state index in [0.717, 1.165) is 22.4 Å². The van der Waals surface area contributed by atoms with Crippen LogP contribution in [-0.4, -0.2) is 28.4 Å². The van der Waals surface area contributed by atoms with Gasteiger partial charge in [-0.3, -0.25) is 9.59 Å². The highest BCUT2D eigenvalue weighted by Gasteiger charge is 2.31. The zero-order valence-electron chi connectivity index (χ0n) is 22.0. The predicted molar refractivity (Wildman–Crippen MR) is 164 cm³/mol. The molecule has 1 aromatic heterocycles. The van der Waals surface area contributed by atoms with Crippen molar-refractivity contribution in [3.8, 4) is 17.1 Å². The Hall–Kier alpha value is -4.52. The Morgan fingerprint density at radius 2 is 1.79 bits per heavy atom. The number of aromatic nitrogens is 2. The number of anilines is 1. The molecule has 0 aliphatic rings. The monoisotopic (exact) mass is 682 g/mol. The van der Waals surface area contributed by atoms with Crippen LogP contribution < -0.4 is 15.6 Å². The average Bonchev–Trinajstić information content (AvgIpc) is 2.97. The first-order chi connectivity index (χ1) is 20.1. The molecule has 0 saturated carbocycles. The molecular formula is C31H22F3IN4O3. The minimum absolute atomic E-state index is 0.0321. The molecule has 0 fully saturated rings. The van der Waals surface area contributed by atoms with Crippen LogP contribution in [0.15, 0.2) is 101 Å². The van der Waals surface area contributed by atoms with Crippen molar-refractivity contribution in [1.82, 2.24) is 9.66 Å². The minimum Gasteiger partial charge on any atom is -0.483 e. The van der Waals surface area contributed by atoms with E-state index in [9.17, 15) is 22.8 Å². The highest BCUT2D eigenvalue weighted by Crippen LogP contribution is 2.32. The van der Waals surface area contributed by atoms with Crippen molar-refractivity contribution < 1.29 is 22.7 Å². The zero-order chi connectivity index (χ0) is 29.9. The molecule has 7 nitrogen and oxygen atoms in total. The number of carbonyl (C=O) groups is 1. The van der Waals surface area contributed by atoms with E-state index in [-0.39, 0.29) is 29.3 Å². The molecule has 0 saturated heterocycles. The summed E-state index contributed by atoms with van der Waals surface area (Å²) >= 11 is 2.05. The van der Waals surface area contributed by atoms with Crippen LogP contribution in [0.1, 0.15) is 16.7 Å². The van der Waals surface area contributed by atoms with Crippen molar-refractivity contribution in [2.24, 2.45) is 5.10 Å². The standard InChI is InChI=1S/C31H22F3IN4O3/c1-19-9-12-23(13-10-19)37-28(40)18-42-27-14-11-20(15-25(27)35)17-36-39-29(21-5-4-6-22(16-21)31(32,33)34)38-26-8-3-2-7-24(26)30(39)41/h2-17H,18H2,1H3,(H,37,40). The fourth-order valence-electron chi connectivity index (χ4n) is 4.07. The van der Waals surface area contributed by atoms with Gasteiger partial charge in [-0.15, -0.1) is 0 Å². The molecule has 1 N–H and O–H groups in total. The molecule has 5 rings (SSSR count). The average molecular weight is 682 g/mol. The first-order valence-corrected chi connectivity index (χ1v) is 13.7. The number of hydrogen-bond acceptors (Lipinski definition) is 5. The minimum atomic E-state index is -4.57. The van der Waals surface area contributed by atoms with Gasteiger partial charge in [-0.1, -0.05) is 42.0 Å². The molecule has 1 amide bonds. The molecule has 212 valence electrons. The molecule has 1 heterocycles. The van der Waals surface area contributed by atoms with Crippen LogP contribution in [0.3, 0.4) is 0 Å². The normalized spacial score (nSPS) is 11.6. The van der Waals surface area contributed by atoms with Crippen molar-refractivity contribution in [3.63, 3.8) is 0 Å². The van der Waals surface area contributed by atoms with Crippen LogP contribution >= 0.6 is 22.6 Å². The molecule has 11 heteroatoms. The zero-order valence-corrected chi connectivity index (χ0v) is 24.2. The number of amides is 1. The van der Waals surface area contributed by atoms with Gasteiger partial charge >= 0.3 is 6.18 Å². The molecule has 0 radical (unpaired) electrons. The molecule has 0 spiro atoms. The van der Waals surface area contributed by atoms with Crippen molar-refractivity contribution in [1.29, 1.82) is 0 Å². The number of aryl methyl sites for hydroxylation is 1. The number of nitrogens with one attached hydrogen (secondary N) is 1. The lowest BCUT2D eigenvalue weighted by molar-refractivity contribution is -0.137. The number of para-hydroxylation sites is 1. The van der Waals surface area contributed by atoms with Crippen LogP contribution in [-0.2, 0) is 11.0 Å². The van der Waals surface area contributed by atoms with Gasteiger partial charge in [0.05, 0.1) is 26.3 Å². The fraction of sp³-hybridized carbons (Fsp3) is 0.0968. The summed E-state index contributed by atoms with van der Waals surface area (Å²) in [6.45, 7) is 1.76.